The average Bonchev–Trinajstić information content (AvgIpc) is 2.90. The maximum absolute atomic E-state index is 11.9. The lowest BCUT2D eigenvalue weighted by Gasteiger charge is -2.05. The van der Waals surface area contributed by atoms with E-state index in [0.717, 1.165) is 11.3 Å². The van der Waals surface area contributed by atoms with Crippen molar-refractivity contribution in [3.63, 3.8) is 0 Å². The molecule has 2 aromatic heterocycles. The Hall–Kier alpha value is -2.37. The molecular formula is C14H18N4O2. The van der Waals surface area contributed by atoms with Gasteiger partial charge in [0.15, 0.2) is 0 Å². The molecule has 0 unspecified atom stereocenters. The molecule has 6 heteroatoms. The third-order valence-corrected chi connectivity index (χ3v) is 2.86. The number of rotatable bonds is 6. The molecule has 0 saturated carbocycles. The Morgan fingerprint density at radius 3 is 3.10 bits per heavy atom. The Balaban J connectivity index is 1.84. The zero-order valence-corrected chi connectivity index (χ0v) is 11.6. The van der Waals surface area contributed by atoms with E-state index in [1.807, 2.05) is 26.0 Å². The minimum absolute atomic E-state index is 0.197. The molecule has 20 heavy (non-hydrogen) atoms. The maximum Gasteiger partial charge on any atom is 0.269 e. The van der Waals surface area contributed by atoms with Gasteiger partial charge in [-0.15, -0.1) is 5.10 Å². The van der Waals surface area contributed by atoms with Gasteiger partial charge in [-0.25, -0.2) is 0 Å². The van der Waals surface area contributed by atoms with Crippen molar-refractivity contribution >= 4 is 5.91 Å². The van der Waals surface area contributed by atoms with Crippen molar-refractivity contribution < 1.29 is 9.53 Å². The smallest absolute Gasteiger partial charge is 0.269 e. The molecule has 0 aromatic carbocycles. The molecule has 2 aromatic rings. The molecule has 0 spiro atoms. The van der Waals surface area contributed by atoms with Gasteiger partial charge in [-0.3, -0.25) is 14.9 Å². The highest BCUT2D eigenvalue weighted by molar-refractivity contribution is 5.92. The van der Waals surface area contributed by atoms with E-state index in [-0.39, 0.29) is 5.91 Å². The zero-order chi connectivity index (χ0) is 14.4. The Bertz CT molecular complexity index is 580. The molecule has 0 aliphatic carbocycles. The van der Waals surface area contributed by atoms with Crippen molar-refractivity contribution in [2.45, 2.75) is 20.3 Å². The number of pyridine rings is 1. The summed E-state index contributed by atoms with van der Waals surface area (Å²) in [6, 6.07) is 5.50. The number of amides is 1. The Kier molecular flexibility index (Phi) is 4.70. The molecular weight excluding hydrogens is 256 g/mol. The first kappa shape index (κ1) is 14.0. The molecule has 0 fully saturated rings. The van der Waals surface area contributed by atoms with Gasteiger partial charge in [0.25, 0.3) is 5.91 Å². The van der Waals surface area contributed by atoms with E-state index in [4.69, 9.17) is 4.74 Å². The minimum Gasteiger partial charge on any atom is -0.477 e. The fraction of sp³-hybridized carbons (Fsp3) is 0.357. The number of hydrogen-bond acceptors (Lipinski definition) is 4. The summed E-state index contributed by atoms with van der Waals surface area (Å²) < 4.78 is 5.19. The minimum atomic E-state index is -0.197. The summed E-state index contributed by atoms with van der Waals surface area (Å²) in [6.45, 7) is 4.92. The molecule has 0 bridgehead atoms. The molecule has 2 N–H and O–H groups in total. The van der Waals surface area contributed by atoms with Crippen LogP contribution in [0.1, 0.15) is 28.7 Å². The second-order valence-electron chi connectivity index (χ2n) is 4.33. The van der Waals surface area contributed by atoms with Crippen molar-refractivity contribution in [3.8, 4) is 5.88 Å². The van der Waals surface area contributed by atoms with Crippen molar-refractivity contribution in [3.05, 3.63) is 41.3 Å². The predicted octanol–water partition coefficient (Wildman–Crippen LogP) is 1.48. The molecule has 0 radical (unpaired) electrons. The summed E-state index contributed by atoms with van der Waals surface area (Å²) in [7, 11) is 0. The number of aromatic amines is 1. The number of aromatic nitrogens is 3. The van der Waals surface area contributed by atoms with E-state index in [9.17, 15) is 4.79 Å². The first-order chi connectivity index (χ1) is 9.70. The van der Waals surface area contributed by atoms with Crippen LogP contribution in [0.15, 0.2) is 24.4 Å². The van der Waals surface area contributed by atoms with Crippen molar-refractivity contribution in [1.29, 1.82) is 0 Å². The second kappa shape index (κ2) is 6.70. The van der Waals surface area contributed by atoms with E-state index in [1.165, 1.54) is 0 Å². The van der Waals surface area contributed by atoms with E-state index in [1.54, 1.807) is 12.3 Å². The molecule has 0 saturated heterocycles. The van der Waals surface area contributed by atoms with E-state index in [2.05, 4.69) is 20.5 Å². The number of carbonyl (C=O) groups is 1. The normalized spacial score (nSPS) is 10.3. The quantitative estimate of drug-likeness (QED) is 0.836. The van der Waals surface area contributed by atoms with Crippen molar-refractivity contribution in [2.24, 2.45) is 0 Å². The number of H-pyrrole nitrogens is 1. The predicted molar refractivity (Wildman–Crippen MR) is 74.8 cm³/mol. The lowest BCUT2D eigenvalue weighted by atomic mass is 10.1. The van der Waals surface area contributed by atoms with Crippen LogP contribution in [0.4, 0.5) is 0 Å². The molecule has 2 rings (SSSR count). The van der Waals surface area contributed by atoms with Crippen molar-refractivity contribution in [1.82, 2.24) is 20.5 Å². The lowest BCUT2D eigenvalue weighted by Crippen LogP contribution is -2.26. The summed E-state index contributed by atoms with van der Waals surface area (Å²) in [5, 5.41) is 9.36. The summed E-state index contributed by atoms with van der Waals surface area (Å²) >= 11 is 0. The number of nitrogens with zero attached hydrogens (tertiary/aromatic N) is 2. The number of ether oxygens (including phenoxy) is 1. The highest BCUT2D eigenvalue weighted by atomic mass is 16.5. The van der Waals surface area contributed by atoms with Crippen molar-refractivity contribution in [2.75, 3.05) is 13.2 Å². The van der Waals surface area contributed by atoms with Crippen LogP contribution in [-0.4, -0.2) is 34.2 Å². The highest BCUT2D eigenvalue weighted by Crippen LogP contribution is 2.08. The highest BCUT2D eigenvalue weighted by Gasteiger charge is 2.10. The summed E-state index contributed by atoms with van der Waals surface area (Å²) in [6.07, 6.45) is 2.46. The van der Waals surface area contributed by atoms with Crippen LogP contribution in [0, 0.1) is 6.92 Å². The summed E-state index contributed by atoms with van der Waals surface area (Å²) in [5.41, 5.74) is 2.51. The summed E-state index contributed by atoms with van der Waals surface area (Å²) in [5.74, 6) is 0.232. The largest absolute Gasteiger partial charge is 0.477 e. The van der Waals surface area contributed by atoms with Gasteiger partial charge in [0.1, 0.15) is 5.69 Å². The number of aryl methyl sites for hydroxylation is 1. The fourth-order valence-corrected chi connectivity index (χ4v) is 1.81. The Labute approximate surface area is 117 Å². The molecule has 0 atom stereocenters. The van der Waals surface area contributed by atoms with Gasteiger partial charge in [-0.1, -0.05) is 6.07 Å². The lowest BCUT2D eigenvalue weighted by molar-refractivity contribution is 0.0949. The molecule has 6 nitrogen and oxygen atoms in total. The zero-order valence-electron chi connectivity index (χ0n) is 11.6. The van der Waals surface area contributed by atoms with Gasteiger partial charge in [0.05, 0.1) is 6.61 Å². The molecule has 1 amide bonds. The van der Waals surface area contributed by atoms with E-state index in [0.29, 0.717) is 31.1 Å². The van der Waals surface area contributed by atoms with E-state index < -0.39 is 0 Å². The maximum atomic E-state index is 11.9. The first-order valence-electron chi connectivity index (χ1n) is 6.57. The van der Waals surface area contributed by atoms with E-state index >= 15 is 0 Å². The number of nitrogens with one attached hydrogen (secondary N) is 2. The Morgan fingerprint density at radius 2 is 2.35 bits per heavy atom. The van der Waals surface area contributed by atoms with Crippen LogP contribution in [-0.2, 0) is 6.42 Å². The molecule has 0 aliphatic rings. The number of carbonyl (C=O) groups excluding carboxylic acids is 1. The topological polar surface area (TPSA) is 79.9 Å². The van der Waals surface area contributed by atoms with Crippen LogP contribution in [0.25, 0.3) is 0 Å². The standard InChI is InChI=1S/C14H18N4O2/c1-3-20-13-9-12(17-18-13)14(19)16-8-6-11-10(2)5-4-7-15-11/h4-5,7,9H,3,6,8H2,1-2H3,(H,16,19)(H,17,18). The number of hydrogen-bond donors (Lipinski definition) is 2. The van der Waals surface area contributed by atoms with Gasteiger partial charge in [0.2, 0.25) is 5.88 Å². The Morgan fingerprint density at radius 1 is 1.50 bits per heavy atom. The van der Waals surface area contributed by atoms with Crippen LogP contribution >= 0.6 is 0 Å². The third kappa shape index (κ3) is 3.57. The van der Waals surface area contributed by atoms with Gasteiger partial charge in [-0.05, 0) is 25.5 Å². The van der Waals surface area contributed by atoms with Crippen LogP contribution in [0.2, 0.25) is 0 Å². The van der Waals surface area contributed by atoms with Crippen LogP contribution in [0.3, 0.4) is 0 Å². The first-order valence-corrected chi connectivity index (χ1v) is 6.57. The van der Waals surface area contributed by atoms with Gasteiger partial charge in [0, 0.05) is 30.9 Å². The SMILES string of the molecule is CCOc1cc(C(=O)NCCc2ncccc2C)[nH]n1. The van der Waals surface area contributed by atoms with Gasteiger partial charge in [-0.2, -0.15) is 0 Å². The van der Waals surface area contributed by atoms with Gasteiger partial charge < -0.3 is 10.1 Å². The monoisotopic (exact) mass is 274 g/mol. The second-order valence-corrected chi connectivity index (χ2v) is 4.33. The average molecular weight is 274 g/mol. The van der Waals surface area contributed by atoms with Gasteiger partial charge >= 0.3 is 0 Å². The van der Waals surface area contributed by atoms with Crippen LogP contribution < -0.4 is 10.1 Å². The van der Waals surface area contributed by atoms with Crippen LogP contribution in [0.5, 0.6) is 5.88 Å². The third-order valence-electron chi connectivity index (χ3n) is 2.86. The fourth-order valence-electron chi connectivity index (χ4n) is 1.81. The molecule has 2 heterocycles. The molecule has 0 aliphatic heterocycles. The molecule has 106 valence electrons. The summed E-state index contributed by atoms with van der Waals surface area (Å²) in [4.78, 5) is 16.2.